The predicted molar refractivity (Wildman–Crippen MR) is 36.3 cm³/mol. The summed E-state index contributed by atoms with van der Waals surface area (Å²) < 4.78 is 0.913. The number of hydrogen-bond acceptors (Lipinski definition) is 1. The van der Waals surface area contributed by atoms with E-state index in [1.807, 2.05) is 0 Å². The van der Waals surface area contributed by atoms with Gasteiger partial charge in [-0.05, 0) is 13.8 Å². The monoisotopic (exact) mass is 117 g/mol. The van der Waals surface area contributed by atoms with Gasteiger partial charge in [-0.3, -0.25) is 4.59 Å². The zero-order valence-corrected chi connectivity index (χ0v) is 6.36. The van der Waals surface area contributed by atoms with Crippen LogP contribution in [-0.2, 0) is 0 Å². The summed E-state index contributed by atoms with van der Waals surface area (Å²) in [4.78, 5) is 0. The van der Waals surface area contributed by atoms with Gasteiger partial charge in [-0.15, -0.1) is 0 Å². The lowest BCUT2D eigenvalue weighted by Crippen LogP contribution is -2.51. The topological polar surface area (TPSA) is 12.0 Å². The van der Waals surface area contributed by atoms with Crippen molar-refractivity contribution in [3.05, 3.63) is 0 Å². The molecule has 0 saturated carbocycles. The van der Waals surface area contributed by atoms with Gasteiger partial charge in [-0.25, -0.2) is 0 Å². The average Bonchev–Trinajstić information content (AvgIpc) is 1.67. The molecule has 0 rings (SSSR count). The van der Waals surface area contributed by atoms with Crippen molar-refractivity contribution in [1.29, 1.82) is 0 Å². The fraction of sp³-hybridized carbons (Fsp3) is 1.00. The number of nitrogens with one attached hydrogen (secondary N) is 1. The number of quaternary nitrogens is 1. The zero-order chi connectivity index (χ0) is 6.62. The molecule has 0 spiro atoms. The SMILES string of the molecule is CCN[N+](C)(C)CC. The molecule has 0 amide bonds. The van der Waals surface area contributed by atoms with Crippen molar-refractivity contribution >= 4 is 0 Å². The highest BCUT2D eigenvalue weighted by atomic mass is 15.6. The third-order valence-corrected chi connectivity index (χ3v) is 1.38. The summed E-state index contributed by atoms with van der Waals surface area (Å²) in [6, 6.07) is 0. The Morgan fingerprint density at radius 3 is 1.88 bits per heavy atom. The highest BCUT2D eigenvalue weighted by Crippen LogP contribution is 1.85. The second-order valence-corrected chi connectivity index (χ2v) is 2.51. The van der Waals surface area contributed by atoms with Gasteiger partial charge < -0.3 is 0 Å². The lowest BCUT2D eigenvalue weighted by Gasteiger charge is -2.26. The molecule has 50 valence electrons. The lowest BCUT2D eigenvalue weighted by atomic mass is 10.6. The van der Waals surface area contributed by atoms with E-state index in [9.17, 15) is 0 Å². The van der Waals surface area contributed by atoms with Crippen molar-refractivity contribution in [2.75, 3.05) is 27.2 Å². The van der Waals surface area contributed by atoms with Crippen molar-refractivity contribution in [3.8, 4) is 0 Å². The molecular formula is C6H17N2+. The summed E-state index contributed by atoms with van der Waals surface area (Å²) in [5, 5.41) is 0. The zero-order valence-electron chi connectivity index (χ0n) is 6.36. The molecule has 2 nitrogen and oxygen atoms in total. The third-order valence-electron chi connectivity index (χ3n) is 1.38. The summed E-state index contributed by atoms with van der Waals surface area (Å²) in [6.45, 7) is 6.47. The normalized spacial score (nSPS) is 12.0. The van der Waals surface area contributed by atoms with Gasteiger partial charge in [0.25, 0.3) is 0 Å². The summed E-state index contributed by atoms with van der Waals surface area (Å²) in [7, 11) is 4.31. The Morgan fingerprint density at radius 1 is 1.25 bits per heavy atom. The van der Waals surface area contributed by atoms with Crippen LogP contribution in [0.3, 0.4) is 0 Å². The van der Waals surface area contributed by atoms with Crippen LogP contribution in [0.5, 0.6) is 0 Å². The second-order valence-electron chi connectivity index (χ2n) is 2.51. The van der Waals surface area contributed by atoms with Crippen LogP contribution >= 0.6 is 0 Å². The second kappa shape index (κ2) is 3.05. The minimum atomic E-state index is 0.913. The Kier molecular flexibility index (Phi) is 3.02. The molecule has 0 aromatic rings. The maximum Gasteiger partial charge on any atom is 0.0929 e. The highest BCUT2D eigenvalue weighted by Gasteiger charge is 2.07. The molecule has 1 N–H and O–H groups in total. The van der Waals surface area contributed by atoms with Gasteiger partial charge in [0.15, 0.2) is 0 Å². The van der Waals surface area contributed by atoms with Crippen LogP contribution < -0.4 is 5.43 Å². The van der Waals surface area contributed by atoms with Crippen LogP contribution in [0.15, 0.2) is 0 Å². The van der Waals surface area contributed by atoms with E-state index >= 15 is 0 Å². The Hall–Kier alpha value is -0.0800. The van der Waals surface area contributed by atoms with Crippen molar-refractivity contribution in [2.45, 2.75) is 13.8 Å². The Morgan fingerprint density at radius 2 is 1.75 bits per heavy atom. The van der Waals surface area contributed by atoms with Crippen LogP contribution in [0.25, 0.3) is 0 Å². The van der Waals surface area contributed by atoms with E-state index in [0.717, 1.165) is 17.7 Å². The van der Waals surface area contributed by atoms with Gasteiger partial charge >= 0.3 is 0 Å². The fourth-order valence-electron chi connectivity index (χ4n) is 0.540. The van der Waals surface area contributed by atoms with Crippen molar-refractivity contribution < 1.29 is 4.59 Å². The Balaban J connectivity index is 3.37. The van der Waals surface area contributed by atoms with E-state index in [1.54, 1.807) is 0 Å². The molecular weight excluding hydrogens is 100 g/mol. The minimum absolute atomic E-state index is 0.913. The van der Waals surface area contributed by atoms with Gasteiger partial charge in [-0.2, -0.15) is 5.43 Å². The first-order valence-electron chi connectivity index (χ1n) is 3.20. The maximum absolute atomic E-state index is 3.31. The molecule has 0 aliphatic heterocycles. The van der Waals surface area contributed by atoms with Crippen LogP contribution in [-0.4, -0.2) is 31.8 Å². The van der Waals surface area contributed by atoms with E-state index in [2.05, 4.69) is 33.4 Å². The van der Waals surface area contributed by atoms with Crippen LogP contribution in [0, 0.1) is 0 Å². The summed E-state index contributed by atoms with van der Waals surface area (Å²) >= 11 is 0. The molecule has 8 heavy (non-hydrogen) atoms. The molecule has 0 fully saturated rings. The highest BCUT2D eigenvalue weighted by molar-refractivity contribution is 4.18. The Labute approximate surface area is 52.1 Å². The van der Waals surface area contributed by atoms with Crippen molar-refractivity contribution in [3.63, 3.8) is 0 Å². The van der Waals surface area contributed by atoms with E-state index < -0.39 is 0 Å². The fourth-order valence-corrected chi connectivity index (χ4v) is 0.540. The molecule has 0 saturated heterocycles. The summed E-state index contributed by atoms with van der Waals surface area (Å²) in [6.07, 6.45) is 0. The van der Waals surface area contributed by atoms with Crippen LogP contribution in [0.1, 0.15) is 13.8 Å². The number of nitrogens with zero attached hydrogens (tertiary/aromatic N) is 1. The quantitative estimate of drug-likeness (QED) is 0.422. The first-order chi connectivity index (χ1) is 3.62. The van der Waals surface area contributed by atoms with Gasteiger partial charge in [0, 0.05) is 6.54 Å². The average molecular weight is 117 g/mol. The molecule has 0 unspecified atom stereocenters. The third kappa shape index (κ3) is 2.99. The molecule has 0 bridgehead atoms. The molecule has 0 aromatic carbocycles. The minimum Gasteiger partial charge on any atom is -0.251 e. The molecule has 2 heteroatoms. The van der Waals surface area contributed by atoms with Crippen molar-refractivity contribution in [2.24, 2.45) is 0 Å². The van der Waals surface area contributed by atoms with E-state index in [0.29, 0.717) is 0 Å². The standard InChI is InChI=1S/C6H17N2/c1-5-7-8(3,4)6-2/h7H,5-6H2,1-4H3/q+1. The number of hydrogen-bond donors (Lipinski definition) is 1. The summed E-state index contributed by atoms with van der Waals surface area (Å²) in [5.41, 5.74) is 3.31. The van der Waals surface area contributed by atoms with Gasteiger partial charge in [0.05, 0.1) is 20.6 Å². The van der Waals surface area contributed by atoms with Crippen LogP contribution in [0.2, 0.25) is 0 Å². The largest absolute Gasteiger partial charge is 0.251 e. The van der Waals surface area contributed by atoms with E-state index in [4.69, 9.17) is 0 Å². The summed E-state index contributed by atoms with van der Waals surface area (Å²) in [5.74, 6) is 0. The smallest absolute Gasteiger partial charge is 0.0929 e. The van der Waals surface area contributed by atoms with Crippen molar-refractivity contribution in [1.82, 2.24) is 5.43 Å². The first kappa shape index (κ1) is 7.92. The molecule has 0 aromatic heterocycles. The van der Waals surface area contributed by atoms with E-state index in [1.165, 1.54) is 0 Å². The predicted octanol–water partition coefficient (Wildman–Crippen LogP) is 0.607. The molecule has 0 aliphatic rings. The van der Waals surface area contributed by atoms with Gasteiger partial charge in [0.1, 0.15) is 0 Å². The van der Waals surface area contributed by atoms with Gasteiger partial charge in [0.2, 0.25) is 0 Å². The van der Waals surface area contributed by atoms with Gasteiger partial charge in [-0.1, -0.05) is 0 Å². The molecule has 0 atom stereocenters. The van der Waals surface area contributed by atoms with Crippen LogP contribution in [0.4, 0.5) is 0 Å². The Bertz CT molecular complexity index is 59.5. The molecule has 0 aliphatic carbocycles. The first-order valence-corrected chi connectivity index (χ1v) is 3.20. The maximum atomic E-state index is 3.31. The lowest BCUT2D eigenvalue weighted by molar-refractivity contribution is -0.932. The number of rotatable bonds is 3. The molecule has 0 radical (unpaired) electrons. The van der Waals surface area contributed by atoms with E-state index in [-0.39, 0.29) is 0 Å². The molecule has 0 heterocycles.